The summed E-state index contributed by atoms with van der Waals surface area (Å²) in [5.41, 5.74) is 1.29. The molecule has 1 aromatic rings. The number of carbonyl (C=O) groups is 1. The van der Waals surface area contributed by atoms with Gasteiger partial charge < -0.3 is 14.9 Å². The number of pyridine rings is 1. The third-order valence-corrected chi connectivity index (χ3v) is 3.07. The Labute approximate surface area is 105 Å². The number of aromatic nitrogens is 1. The minimum absolute atomic E-state index is 0.0649. The van der Waals surface area contributed by atoms with Crippen LogP contribution >= 0.6 is 11.6 Å². The Morgan fingerprint density at radius 3 is 2.88 bits per heavy atom. The van der Waals surface area contributed by atoms with Crippen molar-refractivity contribution in [1.82, 2.24) is 9.88 Å². The summed E-state index contributed by atoms with van der Waals surface area (Å²) in [6.45, 7) is 1.54. The summed E-state index contributed by atoms with van der Waals surface area (Å²) >= 11 is 5.77. The van der Waals surface area contributed by atoms with Crippen LogP contribution in [0.5, 0.6) is 0 Å². The van der Waals surface area contributed by atoms with Crippen molar-refractivity contribution in [3.05, 3.63) is 23.0 Å². The lowest BCUT2D eigenvalue weighted by molar-refractivity contribution is -0.129. The fraction of sp³-hybridized carbons (Fsp3) is 0.455. The van der Waals surface area contributed by atoms with Gasteiger partial charge in [0.05, 0.1) is 24.5 Å². The number of likely N-dealkylation sites (N-methyl/N-ethyl adjacent to an activating group) is 1. The molecule has 1 fully saturated rings. The lowest BCUT2D eigenvalue weighted by atomic mass is 10.2. The topological polar surface area (TPSA) is 56.7 Å². The van der Waals surface area contributed by atoms with Crippen molar-refractivity contribution >= 4 is 23.2 Å². The van der Waals surface area contributed by atoms with Crippen molar-refractivity contribution < 1.29 is 9.90 Å². The third-order valence-electron chi connectivity index (χ3n) is 2.86. The molecule has 0 unspecified atom stereocenters. The molecule has 92 valence electrons. The number of anilines is 1. The monoisotopic (exact) mass is 255 g/mol. The quantitative estimate of drug-likeness (QED) is 0.783. The maximum Gasteiger partial charge on any atom is 0.241 e. The molecule has 1 aliphatic heterocycles. The standard InChI is InChI=1S/C11H14ClN3O2/c1-14-4-5-15(6-11(14)17)9-2-3-10(12)13-8(9)7-16/h2-3,16H,4-7H2,1H3. The Hall–Kier alpha value is -1.33. The van der Waals surface area contributed by atoms with Gasteiger partial charge in [-0.1, -0.05) is 11.6 Å². The molecule has 5 nitrogen and oxygen atoms in total. The molecule has 0 bridgehead atoms. The molecule has 1 aliphatic rings. The van der Waals surface area contributed by atoms with Gasteiger partial charge >= 0.3 is 0 Å². The summed E-state index contributed by atoms with van der Waals surface area (Å²) in [7, 11) is 1.78. The molecule has 1 saturated heterocycles. The number of hydrogen-bond donors (Lipinski definition) is 1. The zero-order valence-corrected chi connectivity index (χ0v) is 10.3. The fourth-order valence-electron chi connectivity index (χ4n) is 1.84. The van der Waals surface area contributed by atoms with Crippen LogP contribution in [-0.2, 0) is 11.4 Å². The Balaban J connectivity index is 2.25. The van der Waals surface area contributed by atoms with Crippen LogP contribution in [0.2, 0.25) is 5.15 Å². The molecule has 0 radical (unpaired) electrons. The second kappa shape index (κ2) is 4.89. The number of piperazine rings is 1. The van der Waals surface area contributed by atoms with Gasteiger partial charge in [0.2, 0.25) is 5.91 Å². The minimum atomic E-state index is -0.184. The second-order valence-corrected chi connectivity index (χ2v) is 4.38. The first kappa shape index (κ1) is 12.1. The van der Waals surface area contributed by atoms with Crippen molar-refractivity contribution in [1.29, 1.82) is 0 Å². The average molecular weight is 256 g/mol. The summed E-state index contributed by atoms with van der Waals surface area (Å²) in [6, 6.07) is 3.46. The lowest BCUT2D eigenvalue weighted by Gasteiger charge is -2.34. The van der Waals surface area contributed by atoms with E-state index >= 15 is 0 Å². The SMILES string of the molecule is CN1CCN(c2ccc(Cl)nc2CO)CC1=O. The summed E-state index contributed by atoms with van der Waals surface area (Å²) in [5, 5.41) is 9.59. The van der Waals surface area contributed by atoms with Crippen LogP contribution in [0.4, 0.5) is 5.69 Å². The van der Waals surface area contributed by atoms with E-state index in [1.54, 1.807) is 24.1 Å². The molecule has 0 aromatic carbocycles. The predicted octanol–water partition coefficient (Wildman–Crippen LogP) is 0.506. The lowest BCUT2D eigenvalue weighted by Crippen LogP contribution is -2.48. The van der Waals surface area contributed by atoms with E-state index in [9.17, 15) is 9.90 Å². The van der Waals surface area contributed by atoms with E-state index in [1.807, 2.05) is 4.90 Å². The van der Waals surface area contributed by atoms with Gasteiger partial charge in [-0.05, 0) is 12.1 Å². The number of hydrogen-bond acceptors (Lipinski definition) is 4. The van der Waals surface area contributed by atoms with Crippen molar-refractivity contribution in [2.45, 2.75) is 6.61 Å². The first-order valence-electron chi connectivity index (χ1n) is 5.37. The second-order valence-electron chi connectivity index (χ2n) is 3.99. The van der Waals surface area contributed by atoms with Gasteiger partial charge in [0.1, 0.15) is 5.15 Å². The molecule has 1 aromatic heterocycles. The van der Waals surface area contributed by atoms with Crippen molar-refractivity contribution in [3.63, 3.8) is 0 Å². The highest BCUT2D eigenvalue weighted by molar-refractivity contribution is 6.29. The molecule has 0 saturated carbocycles. The van der Waals surface area contributed by atoms with Crippen molar-refractivity contribution in [2.24, 2.45) is 0 Å². The van der Waals surface area contributed by atoms with Crippen LogP contribution in [0, 0.1) is 0 Å². The highest BCUT2D eigenvalue weighted by Gasteiger charge is 2.23. The number of carbonyl (C=O) groups excluding carboxylic acids is 1. The van der Waals surface area contributed by atoms with Crippen LogP contribution < -0.4 is 4.90 Å². The smallest absolute Gasteiger partial charge is 0.241 e. The number of aliphatic hydroxyl groups excluding tert-OH is 1. The molecule has 1 amide bonds. The van der Waals surface area contributed by atoms with E-state index in [0.29, 0.717) is 23.9 Å². The molecule has 2 heterocycles. The summed E-state index contributed by atoms with van der Waals surface area (Å²) in [5.74, 6) is 0.0649. The summed E-state index contributed by atoms with van der Waals surface area (Å²) < 4.78 is 0. The molecule has 2 rings (SSSR count). The maximum atomic E-state index is 11.6. The Morgan fingerprint density at radius 1 is 1.47 bits per heavy atom. The molecule has 1 N–H and O–H groups in total. The van der Waals surface area contributed by atoms with E-state index in [0.717, 1.165) is 12.2 Å². The maximum absolute atomic E-state index is 11.6. The van der Waals surface area contributed by atoms with E-state index in [-0.39, 0.29) is 12.5 Å². The van der Waals surface area contributed by atoms with Gasteiger partial charge in [0.25, 0.3) is 0 Å². The van der Waals surface area contributed by atoms with Gasteiger partial charge in [0, 0.05) is 20.1 Å². The molecule has 0 atom stereocenters. The van der Waals surface area contributed by atoms with E-state index < -0.39 is 0 Å². The van der Waals surface area contributed by atoms with Gasteiger partial charge in [-0.3, -0.25) is 4.79 Å². The van der Waals surface area contributed by atoms with Gasteiger partial charge in [-0.25, -0.2) is 4.98 Å². The number of amides is 1. The molecule has 17 heavy (non-hydrogen) atoms. The van der Waals surface area contributed by atoms with E-state index in [2.05, 4.69) is 4.98 Å². The Bertz CT molecular complexity index is 439. The Kier molecular flexibility index (Phi) is 3.49. The van der Waals surface area contributed by atoms with Crippen molar-refractivity contribution in [3.8, 4) is 0 Å². The molecular formula is C11H14ClN3O2. The van der Waals surface area contributed by atoms with Crippen LogP contribution in [0.25, 0.3) is 0 Å². The normalized spacial score (nSPS) is 16.5. The van der Waals surface area contributed by atoms with E-state index in [1.165, 1.54) is 0 Å². The Morgan fingerprint density at radius 2 is 2.24 bits per heavy atom. The van der Waals surface area contributed by atoms with Crippen LogP contribution in [0.15, 0.2) is 12.1 Å². The van der Waals surface area contributed by atoms with Gasteiger partial charge in [-0.15, -0.1) is 0 Å². The summed E-state index contributed by atoms with van der Waals surface area (Å²) in [4.78, 5) is 19.3. The van der Waals surface area contributed by atoms with Gasteiger partial charge in [-0.2, -0.15) is 0 Å². The molecular weight excluding hydrogens is 242 g/mol. The first-order chi connectivity index (χ1) is 8.11. The molecule has 6 heteroatoms. The number of nitrogens with zero attached hydrogens (tertiary/aromatic N) is 3. The molecule has 0 aliphatic carbocycles. The van der Waals surface area contributed by atoms with Crippen LogP contribution in [0.1, 0.15) is 5.69 Å². The highest BCUT2D eigenvalue weighted by Crippen LogP contribution is 2.22. The number of aliphatic hydroxyl groups is 1. The molecule has 0 spiro atoms. The minimum Gasteiger partial charge on any atom is -0.390 e. The van der Waals surface area contributed by atoms with Crippen LogP contribution in [-0.4, -0.2) is 47.6 Å². The fourth-order valence-corrected chi connectivity index (χ4v) is 2.00. The zero-order valence-electron chi connectivity index (χ0n) is 9.56. The van der Waals surface area contributed by atoms with Gasteiger partial charge in [0.15, 0.2) is 0 Å². The first-order valence-corrected chi connectivity index (χ1v) is 5.75. The third kappa shape index (κ3) is 2.50. The highest BCUT2D eigenvalue weighted by atomic mass is 35.5. The average Bonchev–Trinajstić information content (AvgIpc) is 2.32. The van der Waals surface area contributed by atoms with Crippen LogP contribution in [0.3, 0.4) is 0 Å². The largest absolute Gasteiger partial charge is 0.390 e. The number of rotatable bonds is 2. The summed E-state index contributed by atoms with van der Waals surface area (Å²) in [6.07, 6.45) is 0. The van der Waals surface area contributed by atoms with E-state index in [4.69, 9.17) is 11.6 Å². The zero-order chi connectivity index (χ0) is 12.4. The predicted molar refractivity (Wildman–Crippen MR) is 65.0 cm³/mol. The number of halogens is 1. The van der Waals surface area contributed by atoms with Crippen molar-refractivity contribution in [2.75, 3.05) is 31.6 Å².